The minimum Gasteiger partial charge on any atom is -0.382 e. The summed E-state index contributed by atoms with van der Waals surface area (Å²) in [5.74, 6) is -1.55. The number of nitrogens with zero attached hydrogens (tertiary/aromatic N) is 1. The van der Waals surface area contributed by atoms with E-state index in [2.05, 4.69) is 24.5 Å². The fourth-order valence-electron chi connectivity index (χ4n) is 3.76. The second-order valence-electron chi connectivity index (χ2n) is 8.42. The number of ether oxygens (including phenoxy) is 3. The van der Waals surface area contributed by atoms with Crippen molar-refractivity contribution in [3.05, 3.63) is 29.3 Å². The Morgan fingerprint density at radius 2 is 1.74 bits per heavy atom. The van der Waals surface area contributed by atoms with Gasteiger partial charge in [-0.1, -0.05) is 26.3 Å². The topological polar surface area (TPSA) is 123 Å². The third-order valence-electron chi connectivity index (χ3n) is 5.87. The maximum absolute atomic E-state index is 13.0. The molecular formula is C24H33N3O7. The Balaban J connectivity index is 1.40. The van der Waals surface area contributed by atoms with Crippen molar-refractivity contribution in [1.29, 1.82) is 0 Å². The van der Waals surface area contributed by atoms with E-state index in [1.54, 1.807) is 18.2 Å². The van der Waals surface area contributed by atoms with Gasteiger partial charge in [-0.25, -0.2) is 0 Å². The molecule has 2 atom stereocenters. The summed E-state index contributed by atoms with van der Waals surface area (Å²) in [5, 5.41) is 5.33. The zero-order chi connectivity index (χ0) is 24.5. The molecule has 34 heavy (non-hydrogen) atoms. The molecule has 0 aromatic heterocycles. The molecule has 1 fully saturated rings. The van der Waals surface area contributed by atoms with Gasteiger partial charge in [0.2, 0.25) is 11.8 Å². The predicted octanol–water partition coefficient (Wildman–Crippen LogP) is 1.60. The fraction of sp³-hybridized carbons (Fsp3) is 0.583. The summed E-state index contributed by atoms with van der Waals surface area (Å²) in [4.78, 5) is 50.5. The second-order valence-corrected chi connectivity index (χ2v) is 8.42. The van der Waals surface area contributed by atoms with Crippen LogP contribution in [0.25, 0.3) is 0 Å². The molecule has 186 valence electrons. The van der Waals surface area contributed by atoms with Crippen LogP contribution in [-0.4, -0.2) is 80.8 Å². The third kappa shape index (κ3) is 6.40. The van der Waals surface area contributed by atoms with Gasteiger partial charge in [0.1, 0.15) is 6.04 Å². The molecule has 1 aromatic carbocycles. The molecule has 0 spiro atoms. The van der Waals surface area contributed by atoms with Gasteiger partial charge in [0.05, 0.1) is 44.2 Å². The average molecular weight is 476 g/mol. The van der Waals surface area contributed by atoms with Crippen LogP contribution in [0.3, 0.4) is 0 Å². The Hall–Kier alpha value is -2.82. The van der Waals surface area contributed by atoms with Gasteiger partial charge in [0.15, 0.2) is 0 Å². The van der Waals surface area contributed by atoms with Gasteiger partial charge in [0, 0.05) is 25.3 Å². The molecule has 0 saturated carbocycles. The summed E-state index contributed by atoms with van der Waals surface area (Å²) in [7, 11) is 0. The van der Waals surface area contributed by atoms with E-state index >= 15 is 0 Å². The molecule has 3 rings (SSSR count). The molecule has 4 amide bonds. The number of nitrogens with one attached hydrogen (secondary N) is 2. The highest BCUT2D eigenvalue weighted by Gasteiger charge is 2.45. The molecule has 1 saturated heterocycles. The van der Waals surface area contributed by atoms with E-state index in [0.717, 1.165) is 17.9 Å². The van der Waals surface area contributed by atoms with Gasteiger partial charge in [-0.3, -0.25) is 29.4 Å². The molecule has 2 N–H and O–H groups in total. The lowest BCUT2D eigenvalue weighted by Crippen LogP contribution is -2.54. The highest BCUT2D eigenvalue weighted by atomic mass is 16.5. The Labute approximate surface area is 199 Å². The summed E-state index contributed by atoms with van der Waals surface area (Å²) in [5.41, 5.74) is 0.978. The quantitative estimate of drug-likeness (QED) is 0.307. The molecule has 2 aliphatic rings. The van der Waals surface area contributed by atoms with Crippen molar-refractivity contribution in [1.82, 2.24) is 10.2 Å². The average Bonchev–Trinajstić information content (AvgIpc) is 3.08. The number of carbonyl (C=O) groups excluding carboxylic acids is 4. The Morgan fingerprint density at radius 3 is 2.44 bits per heavy atom. The molecule has 2 unspecified atom stereocenters. The number of benzene rings is 1. The van der Waals surface area contributed by atoms with Crippen LogP contribution in [0, 0.1) is 5.92 Å². The minimum atomic E-state index is -0.985. The largest absolute Gasteiger partial charge is 0.382 e. The Kier molecular flexibility index (Phi) is 9.55. The lowest BCUT2D eigenvalue weighted by Gasteiger charge is -2.27. The molecule has 0 radical (unpaired) electrons. The second kappa shape index (κ2) is 12.6. The molecule has 0 bridgehead atoms. The minimum absolute atomic E-state index is 0.0844. The van der Waals surface area contributed by atoms with Crippen LogP contribution >= 0.6 is 0 Å². The van der Waals surface area contributed by atoms with Crippen LogP contribution in [0.1, 0.15) is 53.8 Å². The first kappa shape index (κ1) is 25.8. The van der Waals surface area contributed by atoms with Crippen LogP contribution in [0.2, 0.25) is 0 Å². The Morgan fingerprint density at radius 1 is 1.03 bits per heavy atom. The van der Waals surface area contributed by atoms with Gasteiger partial charge < -0.3 is 19.5 Å². The number of imide groups is 2. The van der Waals surface area contributed by atoms with Crippen molar-refractivity contribution < 1.29 is 33.4 Å². The van der Waals surface area contributed by atoms with Crippen LogP contribution < -0.4 is 10.6 Å². The van der Waals surface area contributed by atoms with Crippen molar-refractivity contribution in [2.45, 2.75) is 39.2 Å². The van der Waals surface area contributed by atoms with Crippen molar-refractivity contribution in [2.75, 3.05) is 51.5 Å². The fourth-order valence-corrected chi connectivity index (χ4v) is 3.76. The predicted molar refractivity (Wildman–Crippen MR) is 124 cm³/mol. The first-order chi connectivity index (χ1) is 16.4. The van der Waals surface area contributed by atoms with Gasteiger partial charge in [-0.15, -0.1) is 0 Å². The lowest BCUT2D eigenvalue weighted by molar-refractivity contribution is -0.136. The van der Waals surface area contributed by atoms with E-state index in [1.165, 1.54) is 0 Å². The number of hydrogen-bond donors (Lipinski definition) is 2. The smallest absolute Gasteiger partial charge is 0.264 e. The van der Waals surface area contributed by atoms with Crippen molar-refractivity contribution in [2.24, 2.45) is 5.92 Å². The van der Waals surface area contributed by atoms with E-state index in [9.17, 15) is 19.2 Å². The SMILES string of the molecule is CCC(C)COCCOCCOCCNc1cccc2c1C(=O)N(C1CCC(=O)NC1=O)C2=O. The van der Waals surface area contributed by atoms with Gasteiger partial charge in [0.25, 0.3) is 11.8 Å². The summed E-state index contributed by atoms with van der Waals surface area (Å²) in [6.45, 7) is 7.81. The van der Waals surface area contributed by atoms with Crippen molar-refractivity contribution in [3.8, 4) is 0 Å². The summed E-state index contributed by atoms with van der Waals surface area (Å²) in [6, 6.07) is 3.97. The molecule has 10 heteroatoms. The van der Waals surface area contributed by atoms with Gasteiger partial charge in [-0.2, -0.15) is 0 Å². The molecule has 2 aliphatic heterocycles. The van der Waals surface area contributed by atoms with Crippen LogP contribution in [-0.2, 0) is 23.8 Å². The summed E-state index contributed by atoms with van der Waals surface area (Å²) < 4.78 is 16.5. The number of hydrogen-bond acceptors (Lipinski definition) is 8. The normalized spacial score (nSPS) is 18.8. The molecular weight excluding hydrogens is 442 g/mol. The number of anilines is 1. The van der Waals surface area contributed by atoms with E-state index in [1.807, 2.05) is 0 Å². The number of fused-ring (bicyclic) bond motifs is 1. The Bertz CT molecular complexity index is 905. The zero-order valence-corrected chi connectivity index (χ0v) is 19.8. The van der Waals surface area contributed by atoms with E-state index in [4.69, 9.17) is 14.2 Å². The van der Waals surface area contributed by atoms with E-state index in [0.29, 0.717) is 51.2 Å². The van der Waals surface area contributed by atoms with Crippen LogP contribution in [0.5, 0.6) is 0 Å². The van der Waals surface area contributed by atoms with Crippen molar-refractivity contribution in [3.63, 3.8) is 0 Å². The lowest BCUT2D eigenvalue weighted by atomic mass is 10.0. The van der Waals surface area contributed by atoms with Crippen molar-refractivity contribution >= 4 is 29.3 Å². The molecule has 2 heterocycles. The standard InChI is InChI=1S/C24H33N3O7/c1-3-16(2)15-34-14-13-33-12-11-32-10-9-25-18-6-4-5-17-21(18)24(31)27(23(17)30)19-7-8-20(28)26-22(19)29/h4-6,16,19,25H,3,7-15H2,1-2H3,(H,26,28,29). The van der Waals surface area contributed by atoms with Gasteiger partial charge >= 0.3 is 0 Å². The van der Waals surface area contributed by atoms with E-state index < -0.39 is 29.7 Å². The number of carbonyl (C=O) groups is 4. The zero-order valence-electron chi connectivity index (χ0n) is 19.8. The van der Waals surface area contributed by atoms with Crippen LogP contribution in [0.15, 0.2) is 18.2 Å². The summed E-state index contributed by atoms with van der Waals surface area (Å²) >= 11 is 0. The molecule has 1 aromatic rings. The van der Waals surface area contributed by atoms with Crippen LogP contribution in [0.4, 0.5) is 5.69 Å². The summed E-state index contributed by atoms with van der Waals surface area (Å²) in [6.07, 6.45) is 1.30. The highest BCUT2D eigenvalue weighted by molar-refractivity contribution is 6.25. The number of piperidine rings is 1. The molecule has 10 nitrogen and oxygen atoms in total. The highest BCUT2D eigenvalue weighted by Crippen LogP contribution is 2.32. The van der Waals surface area contributed by atoms with E-state index in [-0.39, 0.29) is 24.0 Å². The van der Waals surface area contributed by atoms with Gasteiger partial charge in [-0.05, 0) is 24.5 Å². The number of rotatable bonds is 14. The third-order valence-corrected chi connectivity index (χ3v) is 5.87. The first-order valence-electron chi connectivity index (χ1n) is 11.8. The maximum Gasteiger partial charge on any atom is 0.264 e. The number of amides is 4. The monoisotopic (exact) mass is 475 g/mol. The molecule has 0 aliphatic carbocycles. The first-order valence-corrected chi connectivity index (χ1v) is 11.8. The maximum atomic E-state index is 13.0.